The van der Waals surface area contributed by atoms with E-state index in [1.54, 1.807) is 78.9 Å². The Hall–Kier alpha value is -3.70. The molecule has 3 aromatic carbocycles. The second kappa shape index (κ2) is 10.1. The van der Waals surface area contributed by atoms with E-state index in [1.165, 1.54) is 4.90 Å². The molecule has 1 amide bonds. The molecule has 7 nitrogen and oxygen atoms in total. The van der Waals surface area contributed by atoms with Crippen LogP contribution in [0.15, 0.2) is 103 Å². The predicted molar refractivity (Wildman–Crippen MR) is 119 cm³/mol. The van der Waals surface area contributed by atoms with E-state index in [2.05, 4.69) is 0 Å². The molecule has 0 bridgehead atoms. The third-order valence-electron chi connectivity index (χ3n) is 4.47. The van der Waals surface area contributed by atoms with Crippen molar-refractivity contribution < 1.29 is 27.7 Å². The molecular weight excluding hydrogens is 429 g/mol. The third-order valence-corrected chi connectivity index (χ3v) is 5.75. The molecule has 1 heterocycles. The van der Waals surface area contributed by atoms with E-state index in [4.69, 9.17) is 18.3 Å². The van der Waals surface area contributed by atoms with Crippen molar-refractivity contribution in [2.24, 2.45) is 0 Å². The van der Waals surface area contributed by atoms with Crippen molar-refractivity contribution in [3.8, 4) is 17.2 Å². The van der Waals surface area contributed by atoms with Crippen LogP contribution < -0.4 is 13.8 Å². The average molecular weight is 451 g/mol. The summed E-state index contributed by atoms with van der Waals surface area (Å²) in [6, 6.07) is 25.8. The van der Waals surface area contributed by atoms with Gasteiger partial charge in [-0.3, -0.25) is 0 Å². The Morgan fingerprint density at radius 2 is 1.22 bits per heavy atom. The molecule has 0 radical (unpaired) electrons. The number of para-hydroxylation sites is 3. The minimum Gasteiger partial charge on any atom is -0.410 e. The third kappa shape index (κ3) is 5.71. The second-order valence-corrected chi connectivity index (χ2v) is 8.31. The summed E-state index contributed by atoms with van der Waals surface area (Å²) < 4.78 is 36.1. The van der Waals surface area contributed by atoms with Gasteiger partial charge >= 0.3 is 13.9 Å². The van der Waals surface area contributed by atoms with Crippen LogP contribution in [0.4, 0.5) is 4.79 Å². The number of allylic oxidation sites excluding steroid dienone is 1. The van der Waals surface area contributed by atoms with Gasteiger partial charge in [0.15, 0.2) is 0 Å². The first kappa shape index (κ1) is 21.5. The highest BCUT2D eigenvalue weighted by atomic mass is 31.2. The van der Waals surface area contributed by atoms with Crippen molar-refractivity contribution in [2.45, 2.75) is 12.8 Å². The largest absolute Gasteiger partial charge is 0.648 e. The number of nitrogens with zero attached hydrogens (tertiary/aromatic N) is 1. The molecule has 0 fully saturated rings. The Balaban J connectivity index is 1.57. The first-order valence-corrected chi connectivity index (χ1v) is 11.6. The molecule has 0 unspecified atom stereocenters. The molecule has 1 aliphatic heterocycles. The fourth-order valence-electron chi connectivity index (χ4n) is 3.00. The maximum atomic E-state index is 13.7. The van der Waals surface area contributed by atoms with Crippen LogP contribution >= 0.6 is 7.82 Å². The second-order valence-electron chi connectivity index (χ2n) is 6.86. The molecule has 0 atom stereocenters. The highest BCUT2D eigenvalue weighted by Crippen LogP contribution is 2.52. The summed E-state index contributed by atoms with van der Waals surface area (Å²) in [6.45, 7) is 0.341. The Bertz CT molecular complexity index is 1060. The molecule has 0 aromatic heterocycles. The van der Waals surface area contributed by atoms with Crippen LogP contribution in [0.2, 0.25) is 0 Å². The van der Waals surface area contributed by atoms with Crippen LogP contribution in [0.1, 0.15) is 12.8 Å². The van der Waals surface area contributed by atoms with Crippen LogP contribution in [-0.2, 0) is 9.09 Å². The molecule has 3 aromatic rings. The number of benzene rings is 3. The lowest BCUT2D eigenvalue weighted by atomic mass is 10.2. The van der Waals surface area contributed by atoms with E-state index in [9.17, 15) is 9.36 Å². The summed E-state index contributed by atoms with van der Waals surface area (Å²) in [6.07, 6.45) is 2.37. The van der Waals surface area contributed by atoms with Gasteiger partial charge in [0.25, 0.3) is 0 Å². The van der Waals surface area contributed by atoms with Crippen LogP contribution in [0.5, 0.6) is 17.2 Å². The fraction of sp³-hybridized carbons (Fsp3) is 0.125. The quantitative estimate of drug-likeness (QED) is 0.387. The standard InChI is InChI=1S/C24H22NO6P/c26-24(28-20-12-4-1-5-13-20)25-19-11-10-18-23(25)31-32(27,29-21-14-6-2-7-15-21)30-22-16-8-3-9-17-22/h1-9,12-18H,10-11,19H2. The van der Waals surface area contributed by atoms with Gasteiger partial charge in [-0.15, -0.1) is 0 Å². The van der Waals surface area contributed by atoms with Crippen molar-refractivity contribution in [1.29, 1.82) is 0 Å². The number of hydrogen-bond acceptors (Lipinski definition) is 6. The Kier molecular flexibility index (Phi) is 6.78. The lowest BCUT2D eigenvalue weighted by molar-refractivity contribution is 0.129. The van der Waals surface area contributed by atoms with Gasteiger partial charge in [-0.05, 0) is 55.3 Å². The van der Waals surface area contributed by atoms with Crippen molar-refractivity contribution in [2.75, 3.05) is 6.54 Å². The summed E-state index contributed by atoms with van der Waals surface area (Å²) in [5.74, 6) is 1.07. The van der Waals surface area contributed by atoms with Crippen molar-refractivity contribution in [3.05, 3.63) is 103 Å². The smallest absolute Gasteiger partial charge is 0.410 e. The zero-order chi connectivity index (χ0) is 22.2. The molecular formula is C24H22NO6P. The normalized spacial score (nSPS) is 13.6. The number of amides is 1. The van der Waals surface area contributed by atoms with Crippen LogP contribution in [0.3, 0.4) is 0 Å². The van der Waals surface area contributed by atoms with E-state index in [-0.39, 0.29) is 5.88 Å². The van der Waals surface area contributed by atoms with Crippen LogP contribution in [0, 0.1) is 0 Å². The minimum absolute atomic E-state index is 0.0624. The summed E-state index contributed by atoms with van der Waals surface area (Å²) >= 11 is 0. The molecule has 0 saturated heterocycles. The van der Waals surface area contributed by atoms with E-state index in [0.717, 1.165) is 0 Å². The van der Waals surface area contributed by atoms with Gasteiger partial charge in [0, 0.05) is 6.54 Å². The molecule has 32 heavy (non-hydrogen) atoms. The summed E-state index contributed by atoms with van der Waals surface area (Å²) in [7, 11) is -4.21. The zero-order valence-corrected chi connectivity index (χ0v) is 18.1. The van der Waals surface area contributed by atoms with Crippen molar-refractivity contribution in [3.63, 3.8) is 0 Å². The molecule has 1 aliphatic rings. The number of phosphoric acid groups is 1. The van der Waals surface area contributed by atoms with Gasteiger partial charge in [0.1, 0.15) is 17.2 Å². The SMILES string of the molecule is O=C(Oc1ccccc1)N1CCCC=C1OP(=O)(Oc1ccccc1)Oc1ccccc1. The minimum atomic E-state index is -4.21. The number of hydrogen-bond donors (Lipinski definition) is 0. The Morgan fingerprint density at radius 1 is 0.719 bits per heavy atom. The molecule has 4 rings (SSSR count). The fourth-order valence-corrected chi connectivity index (χ4v) is 4.27. The van der Waals surface area contributed by atoms with Gasteiger partial charge in [-0.1, -0.05) is 54.6 Å². The van der Waals surface area contributed by atoms with Gasteiger partial charge in [0.05, 0.1) is 0 Å². The molecule has 164 valence electrons. The monoisotopic (exact) mass is 451 g/mol. The lowest BCUT2D eigenvalue weighted by Crippen LogP contribution is -2.36. The van der Waals surface area contributed by atoms with Crippen molar-refractivity contribution >= 4 is 13.9 Å². The lowest BCUT2D eigenvalue weighted by Gasteiger charge is -2.29. The number of phosphoric ester groups is 1. The zero-order valence-electron chi connectivity index (χ0n) is 17.2. The molecule has 0 N–H and O–H groups in total. The van der Waals surface area contributed by atoms with Crippen molar-refractivity contribution in [1.82, 2.24) is 4.90 Å². The van der Waals surface area contributed by atoms with E-state index in [0.29, 0.717) is 36.6 Å². The maximum Gasteiger partial charge on any atom is 0.648 e. The first-order chi connectivity index (χ1) is 15.6. The Labute approximate surface area is 186 Å². The number of carbonyl (C=O) groups is 1. The average Bonchev–Trinajstić information content (AvgIpc) is 2.81. The molecule has 8 heteroatoms. The first-order valence-electron chi connectivity index (χ1n) is 10.1. The van der Waals surface area contributed by atoms with Crippen LogP contribution in [-0.4, -0.2) is 17.5 Å². The number of ether oxygens (including phenoxy) is 1. The topological polar surface area (TPSA) is 74.3 Å². The van der Waals surface area contributed by atoms with Gasteiger partial charge in [0.2, 0.25) is 5.88 Å². The number of carbonyl (C=O) groups excluding carboxylic acids is 1. The Morgan fingerprint density at radius 3 is 1.75 bits per heavy atom. The molecule has 0 aliphatic carbocycles. The molecule has 0 saturated carbocycles. The van der Waals surface area contributed by atoms with E-state index < -0.39 is 13.9 Å². The van der Waals surface area contributed by atoms with Gasteiger partial charge in [-0.25, -0.2) is 9.69 Å². The maximum absolute atomic E-state index is 13.7. The summed E-state index contributed by atoms with van der Waals surface area (Å²) in [5, 5.41) is 0. The summed E-state index contributed by atoms with van der Waals surface area (Å²) in [5.41, 5.74) is 0. The molecule has 0 spiro atoms. The predicted octanol–water partition coefficient (Wildman–Crippen LogP) is 6.41. The van der Waals surface area contributed by atoms with Gasteiger partial charge < -0.3 is 18.3 Å². The highest BCUT2D eigenvalue weighted by molar-refractivity contribution is 7.49. The van der Waals surface area contributed by atoms with E-state index in [1.807, 2.05) is 18.2 Å². The van der Waals surface area contributed by atoms with Gasteiger partial charge in [-0.2, -0.15) is 4.57 Å². The van der Waals surface area contributed by atoms with E-state index >= 15 is 0 Å². The number of rotatable bonds is 7. The van der Waals surface area contributed by atoms with Crippen LogP contribution in [0.25, 0.3) is 0 Å². The summed E-state index contributed by atoms with van der Waals surface area (Å²) in [4.78, 5) is 14.1. The highest BCUT2D eigenvalue weighted by Gasteiger charge is 2.37.